The van der Waals surface area contributed by atoms with Crippen LogP contribution in [-0.4, -0.2) is 39.9 Å². The molecule has 0 fully saturated rings. The molecule has 9 nitrogen and oxygen atoms in total. The van der Waals surface area contributed by atoms with Crippen LogP contribution in [0.2, 0.25) is 10.0 Å². The van der Waals surface area contributed by atoms with Gasteiger partial charge in [0.15, 0.2) is 5.16 Å². The van der Waals surface area contributed by atoms with E-state index in [9.17, 15) is 14.9 Å². The van der Waals surface area contributed by atoms with Crippen LogP contribution in [0.15, 0.2) is 52.5 Å². The van der Waals surface area contributed by atoms with Crippen LogP contribution in [0.5, 0.6) is 11.5 Å². The summed E-state index contributed by atoms with van der Waals surface area (Å²) in [4.78, 5) is 33.5. The normalized spacial score (nSPS) is 11.0. The Morgan fingerprint density at radius 2 is 1.80 bits per heavy atom. The number of rotatable bonds is 7. The average Bonchev–Trinajstić information content (AvgIpc) is 2.86. The minimum Gasteiger partial charge on any atom is -0.495 e. The third-order valence-corrected chi connectivity index (χ3v) is 6.60. The first-order valence-corrected chi connectivity index (χ1v) is 12.0. The van der Waals surface area contributed by atoms with Crippen LogP contribution in [0.4, 0.5) is 5.69 Å². The molecule has 0 radical (unpaired) electrons. The molecule has 12 heteroatoms. The van der Waals surface area contributed by atoms with Gasteiger partial charge in [-0.15, -0.1) is 0 Å². The maximum absolute atomic E-state index is 13.9. The molecule has 0 spiro atoms. The maximum Gasteiger partial charge on any atom is 0.269 e. The minimum absolute atomic E-state index is 0.0199. The molecule has 0 saturated carbocycles. The number of nitro benzene ring substituents is 1. The predicted octanol–water partition coefficient (Wildman–Crippen LogP) is 5.46. The van der Waals surface area contributed by atoms with Gasteiger partial charge < -0.3 is 9.47 Å². The molecule has 35 heavy (non-hydrogen) atoms. The van der Waals surface area contributed by atoms with E-state index < -0.39 is 10.5 Å². The van der Waals surface area contributed by atoms with E-state index in [-0.39, 0.29) is 44.9 Å². The molecular weight excluding hydrogens is 515 g/mol. The average molecular weight is 533 g/mol. The van der Waals surface area contributed by atoms with Gasteiger partial charge in [0.1, 0.15) is 17.1 Å². The molecule has 0 aliphatic rings. The van der Waals surface area contributed by atoms with Gasteiger partial charge in [0.05, 0.1) is 41.3 Å². The number of nitrogens with zero attached hydrogens (tertiary/aromatic N) is 4. The van der Waals surface area contributed by atoms with Crippen molar-refractivity contribution in [2.24, 2.45) is 0 Å². The second kappa shape index (κ2) is 10.1. The molecule has 0 N–H and O–H groups in total. The smallest absolute Gasteiger partial charge is 0.269 e. The van der Waals surface area contributed by atoms with Crippen LogP contribution >= 0.6 is 35.0 Å². The molecule has 0 bridgehead atoms. The SMILES string of the molecule is COc1cc(OC)c(Cl)c(-c2cc3cnc(SC)nc3n(Cc3cccc([N+](=O)[O-])c3)c2=O)c1Cl. The number of benzene rings is 2. The zero-order valence-corrected chi connectivity index (χ0v) is 21.1. The van der Waals surface area contributed by atoms with Crippen molar-refractivity contribution in [2.45, 2.75) is 11.7 Å². The van der Waals surface area contributed by atoms with Crippen molar-refractivity contribution in [3.05, 3.63) is 78.7 Å². The van der Waals surface area contributed by atoms with Gasteiger partial charge in [0.25, 0.3) is 11.2 Å². The minimum atomic E-state index is -0.489. The highest BCUT2D eigenvalue weighted by Crippen LogP contribution is 2.45. The number of halogens is 2. The summed E-state index contributed by atoms with van der Waals surface area (Å²) in [6.45, 7) is 0.0199. The molecule has 0 aliphatic heterocycles. The van der Waals surface area contributed by atoms with Crippen molar-refractivity contribution < 1.29 is 14.4 Å². The van der Waals surface area contributed by atoms with Gasteiger partial charge >= 0.3 is 0 Å². The number of fused-ring (bicyclic) bond motifs is 1. The van der Waals surface area contributed by atoms with Crippen molar-refractivity contribution in [1.29, 1.82) is 0 Å². The first-order chi connectivity index (χ1) is 16.8. The number of hydrogen-bond acceptors (Lipinski definition) is 8. The van der Waals surface area contributed by atoms with Gasteiger partial charge in [-0.2, -0.15) is 0 Å². The lowest BCUT2D eigenvalue weighted by Gasteiger charge is -2.17. The van der Waals surface area contributed by atoms with Gasteiger partial charge in [-0.1, -0.05) is 47.1 Å². The Morgan fingerprint density at radius 1 is 1.11 bits per heavy atom. The predicted molar refractivity (Wildman–Crippen MR) is 136 cm³/mol. The summed E-state index contributed by atoms with van der Waals surface area (Å²) >= 11 is 14.5. The molecule has 2 aromatic carbocycles. The maximum atomic E-state index is 13.9. The number of hydrogen-bond donors (Lipinski definition) is 0. The molecule has 180 valence electrons. The van der Waals surface area contributed by atoms with Crippen molar-refractivity contribution in [3.63, 3.8) is 0 Å². The largest absolute Gasteiger partial charge is 0.495 e. The van der Waals surface area contributed by atoms with Gasteiger partial charge in [0, 0.05) is 35.3 Å². The highest BCUT2D eigenvalue weighted by molar-refractivity contribution is 7.98. The number of non-ortho nitro benzene ring substituents is 1. The fourth-order valence-corrected chi connectivity index (χ4v) is 4.68. The Morgan fingerprint density at radius 3 is 2.40 bits per heavy atom. The van der Waals surface area contributed by atoms with Crippen molar-refractivity contribution in [1.82, 2.24) is 14.5 Å². The fraction of sp³-hybridized carbons (Fsp3) is 0.174. The molecule has 2 aromatic heterocycles. The lowest BCUT2D eigenvalue weighted by Crippen LogP contribution is -2.24. The highest BCUT2D eigenvalue weighted by Gasteiger charge is 2.23. The highest BCUT2D eigenvalue weighted by atomic mass is 35.5. The zero-order valence-electron chi connectivity index (χ0n) is 18.7. The third-order valence-electron chi connectivity index (χ3n) is 5.29. The van der Waals surface area contributed by atoms with Crippen LogP contribution in [0.25, 0.3) is 22.2 Å². The molecule has 4 rings (SSSR count). The van der Waals surface area contributed by atoms with E-state index in [0.29, 0.717) is 21.8 Å². The summed E-state index contributed by atoms with van der Waals surface area (Å²) in [6.07, 6.45) is 3.42. The number of methoxy groups -OCH3 is 2. The van der Waals surface area contributed by atoms with E-state index in [0.717, 1.165) is 0 Å². The molecule has 0 unspecified atom stereocenters. The molecule has 0 aliphatic carbocycles. The lowest BCUT2D eigenvalue weighted by molar-refractivity contribution is -0.384. The molecule has 2 heterocycles. The summed E-state index contributed by atoms with van der Waals surface area (Å²) in [7, 11) is 2.88. The molecule has 0 amide bonds. The second-order valence-corrected chi connectivity index (χ2v) is 8.83. The number of aromatic nitrogens is 3. The number of nitro groups is 1. The molecule has 0 saturated heterocycles. The van der Waals surface area contributed by atoms with Crippen LogP contribution < -0.4 is 15.0 Å². The molecular formula is C23H18Cl2N4O5S. The number of pyridine rings is 1. The van der Waals surface area contributed by atoms with E-state index in [2.05, 4.69) is 9.97 Å². The van der Waals surface area contributed by atoms with Crippen molar-refractivity contribution in [2.75, 3.05) is 20.5 Å². The quantitative estimate of drug-likeness (QED) is 0.133. The van der Waals surface area contributed by atoms with E-state index in [1.807, 2.05) is 6.26 Å². The van der Waals surface area contributed by atoms with Crippen LogP contribution in [0.3, 0.4) is 0 Å². The first kappa shape index (κ1) is 24.8. The third kappa shape index (κ3) is 4.64. The van der Waals surface area contributed by atoms with E-state index >= 15 is 0 Å². The fourth-order valence-electron chi connectivity index (χ4n) is 3.64. The number of thioether (sulfide) groups is 1. The Bertz CT molecular complexity index is 1500. The Balaban J connectivity index is 2.04. The van der Waals surface area contributed by atoms with Gasteiger partial charge in [-0.25, -0.2) is 9.97 Å². The van der Waals surface area contributed by atoms with Gasteiger partial charge in [-0.05, 0) is 17.9 Å². The van der Waals surface area contributed by atoms with Crippen LogP contribution in [-0.2, 0) is 6.54 Å². The first-order valence-electron chi connectivity index (χ1n) is 10.1. The second-order valence-electron chi connectivity index (χ2n) is 7.30. The lowest BCUT2D eigenvalue weighted by atomic mass is 10.0. The molecule has 4 aromatic rings. The molecule has 0 atom stereocenters. The van der Waals surface area contributed by atoms with E-state index in [4.69, 9.17) is 32.7 Å². The summed E-state index contributed by atoms with van der Waals surface area (Å²) in [5, 5.41) is 12.6. The Kier molecular flexibility index (Phi) is 7.15. The van der Waals surface area contributed by atoms with Crippen molar-refractivity contribution >= 4 is 51.7 Å². The summed E-state index contributed by atoms with van der Waals surface area (Å²) in [6, 6.07) is 9.20. The Hall–Kier alpha value is -3.34. The standard InChI is InChI=1S/C23H18Cl2N4O5S/c1-33-16-9-17(34-2)20(25)18(19(16)24)15-8-13-10-26-23(35-3)27-21(13)28(22(15)30)11-12-5-4-6-14(7-12)29(31)32/h4-10H,11H2,1-3H3. The Labute approximate surface area is 213 Å². The topological polar surface area (TPSA) is 109 Å². The number of ether oxygens (including phenoxy) is 2. The van der Waals surface area contributed by atoms with Gasteiger partial charge in [0.2, 0.25) is 0 Å². The summed E-state index contributed by atoms with van der Waals surface area (Å²) < 4.78 is 12.1. The monoisotopic (exact) mass is 532 g/mol. The zero-order chi connectivity index (χ0) is 25.3. The van der Waals surface area contributed by atoms with Crippen LogP contribution in [0.1, 0.15) is 5.56 Å². The summed E-state index contributed by atoms with van der Waals surface area (Å²) in [5.74, 6) is 0.559. The van der Waals surface area contributed by atoms with Crippen LogP contribution in [0, 0.1) is 10.1 Å². The van der Waals surface area contributed by atoms with E-state index in [1.54, 1.807) is 24.4 Å². The van der Waals surface area contributed by atoms with Gasteiger partial charge in [-0.3, -0.25) is 19.5 Å². The van der Waals surface area contributed by atoms with E-state index in [1.165, 1.54) is 48.7 Å². The summed E-state index contributed by atoms with van der Waals surface area (Å²) in [5.41, 5.74) is 0.790. The van der Waals surface area contributed by atoms with Crippen molar-refractivity contribution in [3.8, 4) is 22.6 Å².